The third-order valence-corrected chi connectivity index (χ3v) is 3.32. The van der Waals surface area contributed by atoms with Crippen LogP contribution in [-0.2, 0) is 11.3 Å². The molecule has 3 nitrogen and oxygen atoms in total. The molecule has 0 aliphatic heterocycles. The molecule has 0 bridgehead atoms. The molecule has 1 rings (SSSR count). The molecule has 0 spiro atoms. The maximum Gasteiger partial charge on any atom is 0.137 e. The smallest absolute Gasteiger partial charge is 0.137 e. The molecule has 17 heavy (non-hydrogen) atoms. The summed E-state index contributed by atoms with van der Waals surface area (Å²) in [6.07, 6.45) is 0. The average Bonchev–Trinajstić information content (AvgIpc) is 2.34. The van der Waals surface area contributed by atoms with Crippen molar-refractivity contribution in [3.8, 4) is 0 Å². The quantitative estimate of drug-likeness (QED) is 0.550. The van der Waals surface area contributed by atoms with E-state index in [1.165, 1.54) is 17.8 Å². The number of benzene rings is 1. The van der Waals surface area contributed by atoms with Crippen LogP contribution in [0.4, 0.5) is 4.39 Å². The van der Waals surface area contributed by atoms with Gasteiger partial charge in [0.05, 0.1) is 13.2 Å². The van der Waals surface area contributed by atoms with Crippen molar-refractivity contribution in [2.24, 2.45) is 0 Å². The highest BCUT2D eigenvalue weighted by Crippen LogP contribution is 2.25. The first-order valence-electron chi connectivity index (χ1n) is 5.50. The average molecular weight is 259 g/mol. The Morgan fingerprint density at radius 3 is 3.00 bits per heavy atom. The first kappa shape index (κ1) is 14.4. The maximum absolute atomic E-state index is 13.6. The van der Waals surface area contributed by atoms with E-state index in [0.717, 1.165) is 12.1 Å². The second-order valence-corrected chi connectivity index (χ2v) is 4.57. The number of halogens is 1. The van der Waals surface area contributed by atoms with Crippen molar-refractivity contribution < 1.29 is 14.2 Å². The molecule has 2 N–H and O–H groups in total. The van der Waals surface area contributed by atoms with Crippen LogP contribution >= 0.6 is 11.8 Å². The predicted molar refractivity (Wildman–Crippen MR) is 67.8 cm³/mol. The predicted octanol–water partition coefficient (Wildman–Crippen LogP) is 1.65. The van der Waals surface area contributed by atoms with Crippen LogP contribution in [0, 0.1) is 5.82 Å². The van der Waals surface area contributed by atoms with Gasteiger partial charge in [-0.3, -0.25) is 0 Å². The lowest BCUT2D eigenvalue weighted by molar-refractivity contribution is 0.199. The Kier molecular flexibility index (Phi) is 7.19. The van der Waals surface area contributed by atoms with Gasteiger partial charge in [0.1, 0.15) is 5.82 Å². The molecule has 0 amide bonds. The van der Waals surface area contributed by atoms with Crippen molar-refractivity contribution in [2.45, 2.75) is 11.4 Å². The number of thioether (sulfide) groups is 1. The summed E-state index contributed by atoms with van der Waals surface area (Å²) in [5.41, 5.74) is 0.916. The summed E-state index contributed by atoms with van der Waals surface area (Å²) in [5.74, 6) is 0.279. The molecule has 0 atom stereocenters. The van der Waals surface area contributed by atoms with E-state index in [-0.39, 0.29) is 12.4 Å². The van der Waals surface area contributed by atoms with Crippen LogP contribution in [-0.4, -0.2) is 37.7 Å². The molecule has 1 aromatic carbocycles. The molecule has 0 unspecified atom stereocenters. The van der Waals surface area contributed by atoms with Crippen molar-refractivity contribution >= 4 is 11.8 Å². The molecule has 0 saturated carbocycles. The van der Waals surface area contributed by atoms with Crippen molar-refractivity contribution in [1.82, 2.24) is 5.32 Å². The monoisotopic (exact) mass is 259 g/mol. The summed E-state index contributed by atoms with van der Waals surface area (Å²) < 4.78 is 18.5. The third-order valence-electron chi connectivity index (χ3n) is 2.18. The van der Waals surface area contributed by atoms with Gasteiger partial charge < -0.3 is 15.2 Å². The highest BCUT2D eigenvalue weighted by atomic mass is 32.2. The van der Waals surface area contributed by atoms with Gasteiger partial charge in [-0.25, -0.2) is 4.39 Å². The Balaban J connectivity index is 2.59. The lowest BCUT2D eigenvalue weighted by atomic mass is 10.2. The van der Waals surface area contributed by atoms with E-state index in [2.05, 4.69) is 5.32 Å². The third kappa shape index (κ3) is 5.04. The van der Waals surface area contributed by atoms with Gasteiger partial charge in [0.2, 0.25) is 0 Å². The zero-order valence-electron chi connectivity index (χ0n) is 9.91. The molecule has 1 aromatic rings. The van der Waals surface area contributed by atoms with E-state index in [1.54, 1.807) is 13.2 Å². The highest BCUT2D eigenvalue weighted by Gasteiger charge is 2.08. The van der Waals surface area contributed by atoms with Crippen LogP contribution in [0.5, 0.6) is 0 Å². The van der Waals surface area contributed by atoms with Crippen LogP contribution in [0.3, 0.4) is 0 Å². The lowest BCUT2D eigenvalue weighted by Crippen LogP contribution is -2.19. The van der Waals surface area contributed by atoms with Gasteiger partial charge in [0.15, 0.2) is 0 Å². The number of methoxy groups -OCH3 is 1. The van der Waals surface area contributed by atoms with E-state index in [4.69, 9.17) is 9.84 Å². The Hall–Kier alpha value is -0.620. The number of rotatable bonds is 8. The van der Waals surface area contributed by atoms with Crippen molar-refractivity contribution in [2.75, 3.05) is 32.6 Å². The Bertz CT molecular complexity index is 336. The minimum Gasteiger partial charge on any atom is -0.396 e. The Labute approximate surface area is 105 Å². The standard InChI is InChI=1S/C12H18FNO2S/c1-16-7-5-14-9-10-3-2-4-11(13)12(10)17-8-6-15/h2-4,14-15H,5-9H2,1H3. The molecular formula is C12H18FNO2S. The normalized spacial score (nSPS) is 10.8. The minimum atomic E-state index is -0.227. The Morgan fingerprint density at radius 2 is 2.29 bits per heavy atom. The molecule has 0 aromatic heterocycles. The fourth-order valence-electron chi connectivity index (χ4n) is 1.40. The first-order chi connectivity index (χ1) is 8.29. The van der Waals surface area contributed by atoms with Gasteiger partial charge in [-0.1, -0.05) is 12.1 Å². The number of aliphatic hydroxyl groups is 1. The second-order valence-electron chi connectivity index (χ2n) is 3.47. The van der Waals surface area contributed by atoms with Crippen LogP contribution in [0.25, 0.3) is 0 Å². The van der Waals surface area contributed by atoms with Gasteiger partial charge in [0, 0.05) is 30.8 Å². The molecule has 0 aliphatic carbocycles. The minimum absolute atomic E-state index is 0.0511. The summed E-state index contributed by atoms with van der Waals surface area (Å²) in [4.78, 5) is 0.617. The molecular weight excluding hydrogens is 241 g/mol. The SMILES string of the molecule is COCCNCc1cccc(F)c1SCCO. The number of hydrogen-bond donors (Lipinski definition) is 2. The lowest BCUT2D eigenvalue weighted by Gasteiger charge is -2.10. The van der Waals surface area contributed by atoms with Crippen molar-refractivity contribution in [1.29, 1.82) is 0 Å². The van der Waals surface area contributed by atoms with E-state index < -0.39 is 0 Å². The van der Waals surface area contributed by atoms with Crippen LogP contribution in [0.1, 0.15) is 5.56 Å². The molecule has 0 heterocycles. The molecule has 96 valence electrons. The van der Waals surface area contributed by atoms with Crippen molar-refractivity contribution in [3.05, 3.63) is 29.6 Å². The number of aliphatic hydroxyl groups excluding tert-OH is 1. The summed E-state index contributed by atoms with van der Waals surface area (Å²) in [6, 6.07) is 5.03. The van der Waals surface area contributed by atoms with E-state index in [9.17, 15) is 4.39 Å². The van der Waals surface area contributed by atoms with E-state index in [0.29, 0.717) is 23.8 Å². The highest BCUT2D eigenvalue weighted by molar-refractivity contribution is 7.99. The second kappa shape index (κ2) is 8.47. The fraction of sp³-hybridized carbons (Fsp3) is 0.500. The van der Waals surface area contributed by atoms with Gasteiger partial charge in [-0.05, 0) is 11.6 Å². The first-order valence-corrected chi connectivity index (χ1v) is 6.49. The zero-order valence-corrected chi connectivity index (χ0v) is 10.7. The van der Waals surface area contributed by atoms with E-state index in [1.807, 2.05) is 6.07 Å². The van der Waals surface area contributed by atoms with Crippen LogP contribution in [0.15, 0.2) is 23.1 Å². The van der Waals surface area contributed by atoms with Crippen molar-refractivity contribution in [3.63, 3.8) is 0 Å². The number of ether oxygens (including phenoxy) is 1. The number of hydrogen-bond acceptors (Lipinski definition) is 4. The zero-order chi connectivity index (χ0) is 12.5. The molecule has 0 fully saturated rings. The summed E-state index contributed by atoms with van der Waals surface area (Å²) in [6.45, 7) is 2.02. The molecule has 5 heteroatoms. The van der Waals surface area contributed by atoms with E-state index >= 15 is 0 Å². The van der Waals surface area contributed by atoms with Gasteiger partial charge in [-0.15, -0.1) is 11.8 Å². The number of nitrogens with one attached hydrogen (secondary N) is 1. The topological polar surface area (TPSA) is 41.5 Å². The maximum atomic E-state index is 13.6. The Morgan fingerprint density at radius 1 is 1.47 bits per heavy atom. The van der Waals surface area contributed by atoms with Crippen LogP contribution < -0.4 is 5.32 Å². The molecule has 0 radical (unpaired) electrons. The fourth-order valence-corrected chi connectivity index (χ4v) is 2.23. The van der Waals surface area contributed by atoms with Gasteiger partial charge in [-0.2, -0.15) is 0 Å². The summed E-state index contributed by atoms with van der Waals surface area (Å²) in [7, 11) is 1.65. The molecule has 0 saturated heterocycles. The van der Waals surface area contributed by atoms with Crippen LogP contribution in [0.2, 0.25) is 0 Å². The summed E-state index contributed by atoms with van der Waals surface area (Å²) in [5, 5.41) is 12.0. The molecule has 0 aliphatic rings. The van der Waals surface area contributed by atoms with Gasteiger partial charge >= 0.3 is 0 Å². The largest absolute Gasteiger partial charge is 0.396 e. The summed E-state index contributed by atoms with van der Waals surface area (Å²) >= 11 is 1.34. The van der Waals surface area contributed by atoms with Gasteiger partial charge in [0.25, 0.3) is 0 Å².